The average Bonchev–Trinajstić information content (AvgIpc) is 2.80. The Morgan fingerprint density at radius 1 is 1.33 bits per heavy atom. The Hall–Kier alpha value is -2.58. The van der Waals surface area contributed by atoms with Gasteiger partial charge in [0.1, 0.15) is 6.04 Å². The quantitative estimate of drug-likeness (QED) is 0.666. The molecule has 0 fully saturated rings. The average molecular weight is 297 g/mol. The first-order chi connectivity index (χ1) is 9.72. The summed E-state index contributed by atoms with van der Waals surface area (Å²) in [6, 6.07) is -2.74. The number of hydrogen-bond donors (Lipinski definition) is 3. The maximum Gasteiger partial charge on any atom is 0.331 e. The highest BCUT2D eigenvalue weighted by Gasteiger charge is 2.25. The molecular formula is C12H19N5O4. The molecule has 116 valence electrons. The van der Waals surface area contributed by atoms with E-state index in [9.17, 15) is 14.4 Å². The maximum atomic E-state index is 11.8. The van der Waals surface area contributed by atoms with Gasteiger partial charge in [-0.1, -0.05) is 0 Å². The number of aliphatic carboxylic acids is 1. The van der Waals surface area contributed by atoms with Gasteiger partial charge in [-0.05, 0) is 6.92 Å². The molecule has 21 heavy (non-hydrogen) atoms. The summed E-state index contributed by atoms with van der Waals surface area (Å²) in [7, 11) is 4.77. The number of urea groups is 1. The summed E-state index contributed by atoms with van der Waals surface area (Å²) in [5.74, 6) is -1.51. The highest BCUT2D eigenvalue weighted by atomic mass is 16.4. The molecule has 0 aliphatic carbocycles. The Kier molecular flexibility index (Phi) is 5.28. The monoisotopic (exact) mass is 297 g/mol. The molecule has 0 saturated heterocycles. The predicted molar refractivity (Wildman–Crippen MR) is 73.4 cm³/mol. The fourth-order valence-electron chi connectivity index (χ4n) is 1.70. The van der Waals surface area contributed by atoms with Crippen LogP contribution in [0.3, 0.4) is 0 Å². The first kappa shape index (κ1) is 16.5. The number of hydrogen-bond acceptors (Lipinski definition) is 4. The lowest BCUT2D eigenvalue weighted by atomic mass is 10.1. The van der Waals surface area contributed by atoms with Crippen molar-refractivity contribution in [2.75, 3.05) is 14.1 Å². The Labute approximate surface area is 121 Å². The van der Waals surface area contributed by atoms with Crippen LogP contribution >= 0.6 is 0 Å². The van der Waals surface area contributed by atoms with Gasteiger partial charge in [-0.2, -0.15) is 5.10 Å². The van der Waals surface area contributed by atoms with Crippen LogP contribution in [0.2, 0.25) is 0 Å². The molecule has 1 heterocycles. The normalized spacial score (nSPS) is 13.1. The molecule has 0 radical (unpaired) electrons. The van der Waals surface area contributed by atoms with E-state index in [1.54, 1.807) is 21.1 Å². The summed E-state index contributed by atoms with van der Waals surface area (Å²) in [5.41, 5.74) is 0.340. The molecule has 0 aliphatic heterocycles. The van der Waals surface area contributed by atoms with Crippen molar-refractivity contribution >= 4 is 17.9 Å². The van der Waals surface area contributed by atoms with E-state index in [1.165, 1.54) is 28.9 Å². The fourth-order valence-corrected chi connectivity index (χ4v) is 1.70. The van der Waals surface area contributed by atoms with Crippen LogP contribution in [-0.4, -0.2) is 57.8 Å². The highest BCUT2D eigenvalue weighted by molar-refractivity contribution is 5.88. The van der Waals surface area contributed by atoms with Crippen LogP contribution < -0.4 is 10.6 Å². The number of aromatic nitrogens is 2. The minimum Gasteiger partial charge on any atom is -0.479 e. The molecule has 1 rings (SSSR count). The Morgan fingerprint density at radius 2 is 1.95 bits per heavy atom. The molecule has 0 aliphatic rings. The van der Waals surface area contributed by atoms with Gasteiger partial charge in [-0.3, -0.25) is 9.48 Å². The van der Waals surface area contributed by atoms with Crippen molar-refractivity contribution < 1.29 is 19.5 Å². The van der Waals surface area contributed by atoms with E-state index in [4.69, 9.17) is 5.11 Å². The summed E-state index contributed by atoms with van der Waals surface area (Å²) in [6.07, 6.45) is 2.85. The molecule has 3 N–H and O–H groups in total. The zero-order chi connectivity index (χ0) is 16.2. The van der Waals surface area contributed by atoms with Crippen LogP contribution in [0.5, 0.6) is 0 Å². The molecule has 0 saturated carbocycles. The van der Waals surface area contributed by atoms with Gasteiger partial charge in [0.05, 0.1) is 6.20 Å². The third-order valence-corrected chi connectivity index (χ3v) is 2.74. The molecular weight excluding hydrogens is 278 g/mol. The second-order valence-corrected chi connectivity index (χ2v) is 4.79. The topological polar surface area (TPSA) is 117 Å². The van der Waals surface area contributed by atoms with Crippen LogP contribution in [0.4, 0.5) is 4.79 Å². The van der Waals surface area contributed by atoms with E-state index < -0.39 is 24.1 Å². The number of rotatable bonds is 5. The molecule has 2 atom stereocenters. The number of carbonyl (C=O) groups excluding carboxylic acids is 2. The summed E-state index contributed by atoms with van der Waals surface area (Å²) in [6.45, 7) is 1.52. The number of amides is 3. The van der Waals surface area contributed by atoms with Crippen molar-refractivity contribution in [1.82, 2.24) is 25.3 Å². The van der Waals surface area contributed by atoms with Gasteiger partial charge in [0.15, 0.2) is 6.04 Å². The number of likely N-dealkylation sites (N-methyl/N-ethyl adjacent to an activating group) is 1. The zero-order valence-electron chi connectivity index (χ0n) is 12.3. The van der Waals surface area contributed by atoms with Gasteiger partial charge in [0.2, 0.25) is 5.91 Å². The molecule has 3 amide bonds. The second-order valence-electron chi connectivity index (χ2n) is 4.79. The van der Waals surface area contributed by atoms with E-state index in [1.807, 2.05) is 0 Å². The van der Waals surface area contributed by atoms with Gasteiger partial charge in [0.25, 0.3) is 0 Å². The van der Waals surface area contributed by atoms with Gasteiger partial charge in [0, 0.05) is 32.9 Å². The smallest absolute Gasteiger partial charge is 0.331 e. The highest BCUT2D eigenvalue weighted by Crippen LogP contribution is 2.11. The minimum absolute atomic E-state index is 0.293. The van der Waals surface area contributed by atoms with Crippen molar-refractivity contribution in [2.45, 2.75) is 19.0 Å². The van der Waals surface area contributed by atoms with Crippen molar-refractivity contribution in [2.24, 2.45) is 7.05 Å². The number of carboxylic acids is 1. The summed E-state index contributed by atoms with van der Waals surface area (Å²) in [4.78, 5) is 36.0. The lowest BCUT2D eigenvalue weighted by molar-refractivity contribution is -0.139. The van der Waals surface area contributed by atoms with Gasteiger partial charge in [-0.25, -0.2) is 9.59 Å². The Balaban J connectivity index is 2.70. The summed E-state index contributed by atoms with van der Waals surface area (Å²) < 4.78 is 1.43. The third kappa shape index (κ3) is 4.48. The molecule has 9 heteroatoms. The number of carboxylic acid groups (broad SMARTS) is 1. The van der Waals surface area contributed by atoms with Crippen molar-refractivity contribution in [3.63, 3.8) is 0 Å². The van der Waals surface area contributed by atoms with Crippen LogP contribution in [0, 0.1) is 0 Å². The summed E-state index contributed by atoms with van der Waals surface area (Å²) in [5, 5.41) is 17.7. The lowest BCUT2D eigenvalue weighted by Gasteiger charge is -2.19. The number of nitrogens with zero attached hydrogens (tertiary/aromatic N) is 3. The first-order valence-electron chi connectivity index (χ1n) is 6.22. The molecule has 9 nitrogen and oxygen atoms in total. The number of carbonyl (C=O) groups is 3. The Bertz CT molecular complexity index is 540. The molecule has 1 aromatic rings. The Morgan fingerprint density at radius 3 is 2.38 bits per heavy atom. The second kappa shape index (κ2) is 6.73. The maximum absolute atomic E-state index is 11.8. The zero-order valence-corrected chi connectivity index (χ0v) is 12.3. The van der Waals surface area contributed by atoms with Gasteiger partial charge >= 0.3 is 12.0 Å². The van der Waals surface area contributed by atoms with E-state index in [-0.39, 0.29) is 5.91 Å². The van der Waals surface area contributed by atoms with E-state index >= 15 is 0 Å². The standard InChI is InChI=1S/C12H19N5O4/c1-7(10(18)16(2)3)14-12(21)15-9(11(19)20)8-5-13-17(4)6-8/h5-7,9H,1-4H3,(H,19,20)(H2,14,15,21). The SMILES string of the molecule is CC(NC(=O)NC(C(=O)O)c1cnn(C)c1)C(=O)N(C)C. The van der Waals surface area contributed by atoms with E-state index in [2.05, 4.69) is 15.7 Å². The predicted octanol–water partition coefficient (Wildman–Crippen LogP) is -0.678. The molecule has 0 aromatic carbocycles. The summed E-state index contributed by atoms with van der Waals surface area (Å²) >= 11 is 0. The lowest BCUT2D eigenvalue weighted by Crippen LogP contribution is -2.49. The molecule has 0 spiro atoms. The van der Waals surface area contributed by atoms with Crippen LogP contribution in [0.25, 0.3) is 0 Å². The largest absolute Gasteiger partial charge is 0.479 e. The third-order valence-electron chi connectivity index (χ3n) is 2.74. The van der Waals surface area contributed by atoms with Crippen LogP contribution in [0.1, 0.15) is 18.5 Å². The van der Waals surface area contributed by atoms with E-state index in [0.29, 0.717) is 5.56 Å². The number of aryl methyl sites for hydroxylation is 1. The van der Waals surface area contributed by atoms with Crippen molar-refractivity contribution in [1.29, 1.82) is 0 Å². The first-order valence-corrected chi connectivity index (χ1v) is 6.22. The number of nitrogens with one attached hydrogen (secondary N) is 2. The van der Waals surface area contributed by atoms with Crippen molar-refractivity contribution in [3.8, 4) is 0 Å². The molecule has 0 bridgehead atoms. The van der Waals surface area contributed by atoms with Crippen molar-refractivity contribution in [3.05, 3.63) is 18.0 Å². The minimum atomic E-state index is -1.24. The van der Waals surface area contributed by atoms with Gasteiger partial charge < -0.3 is 20.6 Å². The van der Waals surface area contributed by atoms with E-state index in [0.717, 1.165) is 0 Å². The van der Waals surface area contributed by atoms with Gasteiger partial charge in [-0.15, -0.1) is 0 Å². The molecule has 2 unspecified atom stereocenters. The molecule has 1 aromatic heterocycles. The van der Waals surface area contributed by atoms with Crippen LogP contribution in [-0.2, 0) is 16.6 Å². The van der Waals surface area contributed by atoms with Crippen LogP contribution in [0.15, 0.2) is 12.4 Å². The fraction of sp³-hybridized carbons (Fsp3) is 0.500.